The van der Waals surface area contributed by atoms with E-state index in [0.29, 0.717) is 11.3 Å². The van der Waals surface area contributed by atoms with Gasteiger partial charge in [0.1, 0.15) is 11.9 Å². The maximum atomic E-state index is 12.3. The first-order valence-corrected chi connectivity index (χ1v) is 6.18. The average molecular weight is 254 g/mol. The Bertz CT molecular complexity index is 592. The van der Waals surface area contributed by atoms with Crippen LogP contribution in [0.4, 0.5) is 0 Å². The lowest BCUT2D eigenvalue weighted by molar-refractivity contribution is 0.0953. The van der Waals surface area contributed by atoms with Crippen LogP contribution in [0, 0.1) is 0 Å². The second-order valence-corrected chi connectivity index (χ2v) is 4.48. The van der Waals surface area contributed by atoms with Gasteiger partial charge in [0.05, 0.1) is 7.11 Å². The van der Waals surface area contributed by atoms with Crippen LogP contribution in [0.2, 0.25) is 0 Å². The molecule has 2 atom stereocenters. The molecule has 0 aromatic heterocycles. The number of ether oxygens (including phenoxy) is 2. The number of carbonyl (C=O) groups is 1. The van der Waals surface area contributed by atoms with E-state index in [2.05, 4.69) is 0 Å². The van der Waals surface area contributed by atoms with Crippen molar-refractivity contribution in [2.75, 3.05) is 7.11 Å². The van der Waals surface area contributed by atoms with E-state index in [-0.39, 0.29) is 18.0 Å². The third-order valence-electron chi connectivity index (χ3n) is 3.23. The molecule has 96 valence electrons. The van der Waals surface area contributed by atoms with Crippen molar-refractivity contribution in [2.45, 2.75) is 12.2 Å². The summed E-state index contributed by atoms with van der Waals surface area (Å²) in [7, 11) is 1.59. The number of hydrogen-bond donors (Lipinski definition) is 0. The van der Waals surface area contributed by atoms with Gasteiger partial charge >= 0.3 is 0 Å². The number of Topliss-reactive ketones (excluding diaryl/α,β-unsaturated/α-hetero) is 1. The van der Waals surface area contributed by atoms with Crippen molar-refractivity contribution < 1.29 is 14.3 Å². The Hall–Kier alpha value is -2.13. The van der Waals surface area contributed by atoms with Crippen LogP contribution in [0.5, 0.6) is 5.75 Å². The first kappa shape index (κ1) is 11.9. The molecule has 0 unspecified atom stereocenters. The minimum atomic E-state index is -0.366. The molecule has 0 radical (unpaired) electrons. The Morgan fingerprint density at radius 2 is 1.89 bits per heavy atom. The molecule has 0 amide bonds. The molecule has 1 fully saturated rings. The zero-order valence-electron chi connectivity index (χ0n) is 10.6. The molecule has 19 heavy (non-hydrogen) atoms. The summed E-state index contributed by atoms with van der Waals surface area (Å²) < 4.78 is 10.6. The predicted molar refractivity (Wildman–Crippen MR) is 71.4 cm³/mol. The van der Waals surface area contributed by atoms with Crippen LogP contribution < -0.4 is 4.74 Å². The fourth-order valence-electron chi connectivity index (χ4n) is 2.15. The summed E-state index contributed by atoms with van der Waals surface area (Å²) in [6.45, 7) is 0. The van der Waals surface area contributed by atoms with E-state index in [4.69, 9.17) is 9.47 Å². The largest absolute Gasteiger partial charge is 0.497 e. The fourth-order valence-corrected chi connectivity index (χ4v) is 2.15. The van der Waals surface area contributed by atoms with Crippen molar-refractivity contribution in [3.63, 3.8) is 0 Å². The molecule has 3 rings (SSSR count). The van der Waals surface area contributed by atoms with Gasteiger partial charge in [-0.05, 0) is 17.7 Å². The summed E-state index contributed by atoms with van der Waals surface area (Å²) in [5, 5.41) is 0. The minimum Gasteiger partial charge on any atom is -0.497 e. The molecule has 0 saturated carbocycles. The normalized spacial score (nSPS) is 20.9. The van der Waals surface area contributed by atoms with Gasteiger partial charge in [0.25, 0.3) is 0 Å². The second kappa shape index (κ2) is 4.86. The van der Waals surface area contributed by atoms with Gasteiger partial charge in [0, 0.05) is 5.56 Å². The van der Waals surface area contributed by atoms with Gasteiger partial charge in [-0.2, -0.15) is 0 Å². The summed E-state index contributed by atoms with van der Waals surface area (Å²) in [6, 6.07) is 17.0. The standard InChI is InChI=1S/C16H14O3/c1-18-13-9-5-8-12(10-13)14(17)16-15(19-16)11-6-3-2-4-7-11/h2-10,15-16H,1H3/t15-,16-/m1/s1. The highest BCUT2D eigenvalue weighted by Crippen LogP contribution is 2.40. The molecule has 0 spiro atoms. The van der Waals surface area contributed by atoms with Gasteiger partial charge in [-0.3, -0.25) is 4.79 Å². The predicted octanol–water partition coefficient (Wildman–Crippen LogP) is 3.02. The average Bonchev–Trinajstić information content (AvgIpc) is 3.28. The van der Waals surface area contributed by atoms with E-state index < -0.39 is 0 Å². The molecular weight excluding hydrogens is 240 g/mol. The molecule has 0 bridgehead atoms. The van der Waals surface area contributed by atoms with Crippen LogP contribution in [-0.2, 0) is 4.74 Å². The van der Waals surface area contributed by atoms with Crippen molar-refractivity contribution in [3.8, 4) is 5.75 Å². The van der Waals surface area contributed by atoms with Crippen LogP contribution in [0.1, 0.15) is 22.0 Å². The van der Waals surface area contributed by atoms with Crippen molar-refractivity contribution in [1.82, 2.24) is 0 Å². The van der Waals surface area contributed by atoms with Gasteiger partial charge in [0.15, 0.2) is 11.9 Å². The molecule has 2 aromatic carbocycles. The van der Waals surface area contributed by atoms with Crippen molar-refractivity contribution in [1.29, 1.82) is 0 Å². The number of methoxy groups -OCH3 is 1. The molecule has 3 nitrogen and oxygen atoms in total. The molecular formula is C16H14O3. The lowest BCUT2D eigenvalue weighted by Gasteiger charge is -2.02. The van der Waals surface area contributed by atoms with Gasteiger partial charge in [-0.15, -0.1) is 0 Å². The maximum Gasteiger partial charge on any atom is 0.194 e. The first-order valence-electron chi connectivity index (χ1n) is 6.18. The van der Waals surface area contributed by atoms with E-state index >= 15 is 0 Å². The van der Waals surface area contributed by atoms with E-state index in [9.17, 15) is 4.79 Å². The van der Waals surface area contributed by atoms with Gasteiger partial charge in [-0.25, -0.2) is 0 Å². The third-order valence-corrected chi connectivity index (χ3v) is 3.23. The third kappa shape index (κ3) is 2.37. The van der Waals surface area contributed by atoms with Crippen LogP contribution in [0.25, 0.3) is 0 Å². The molecule has 2 aromatic rings. The number of hydrogen-bond acceptors (Lipinski definition) is 3. The summed E-state index contributed by atoms with van der Waals surface area (Å²) in [6.07, 6.45) is -0.477. The second-order valence-electron chi connectivity index (χ2n) is 4.48. The molecule has 1 aliphatic rings. The molecule has 0 N–H and O–H groups in total. The fraction of sp³-hybridized carbons (Fsp3) is 0.188. The SMILES string of the molecule is COc1cccc(C(=O)[C@H]2O[C@@H]2c2ccccc2)c1. The summed E-state index contributed by atoms with van der Waals surface area (Å²) in [4.78, 5) is 12.3. The molecule has 1 heterocycles. The lowest BCUT2D eigenvalue weighted by atomic mass is 10.0. The van der Waals surface area contributed by atoms with Crippen molar-refractivity contribution >= 4 is 5.78 Å². The lowest BCUT2D eigenvalue weighted by Crippen LogP contribution is -2.08. The van der Waals surface area contributed by atoms with Crippen LogP contribution in [0.3, 0.4) is 0 Å². The van der Waals surface area contributed by atoms with E-state index in [0.717, 1.165) is 5.56 Å². The van der Waals surface area contributed by atoms with Gasteiger partial charge in [0.2, 0.25) is 0 Å². The molecule has 1 aliphatic heterocycles. The summed E-state index contributed by atoms with van der Waals surface area (Å²) >= 11 is 0. The van der Waals surface area contributed by atoms with Crippen LogP contribution in [-0.4, -0.2) is 19.0 Å². The van der Waals surface area contributed by atoms with E-state index in [1.165, 1.54) is 0 Å². The number of epoxide rings is 1. The van der Waals surface area contributed by atoms with Crippen LogP contribution in [0.15, 0.2) is 54.6 Å². The first-order chi connectivity index (χ1) is 9.29. The number of carbonyl (C=O) groups excluding carboxylic acids is 1. The number of rotatable bonds is 4. The van der Waals surface area contributed by atoms with Crippen molar-refractivity contribution in [3.05, 3.63) is 65.7 Å². The number of ketones is 1. The van der Waals surface area contributed by atoms with Crippen molar-refractivity contribution in [2.24, 2.45) is 0 Å². The van der Waals surface area contributed by atoms with Crippen LogP contribution >= 0.6 is 0 Å². The highest BCUT2D eigenvalue weighted by Gasteiger charge is 2.46. The van der Waals surface area contributed by atoms with Gasteiger partial charge in [-0.1, -0.05) is 42.5 Å². The van der Waals surface area contributed by atoms with E-state index in [1.54, 1.807) is 19.2 Å². The quantitative estimate of drug-likeness (QED) is 0.622. The Morgan fingerprint density at radius 3 is 2.63 bits per heavy atom. The monoisotopic (exact) mass is 254 g/mol. The Kier molecular flexibility index (Phi) is 3.05. The number of benzene rings is 2. The highest BCUT2D eigenvalue weighted by atomic mass is 16.6. The Balaban J connectivity index is 1.76. The summed E-state index contributed by atoms with van der Waals surface area (Å²) in [5.74, 6) is 0.690. The highest BCUT2D eigenvalue weighted by molar-refractivity contribution is 6.01. The van der Waals surface area contributed by atoms with E-state index in [1.807, 2.05) is 42.5 Å². The van der Waals surface area contributed by atoms with Gasteiger partial charge < -0.3 is 9.47 Å². The minimum absolute atomic E-state index is 0.00718. The zero-order valence-corrected chi connectivity index (χ0v) is 10.6. The Labute approximate surface area is 111 Å². The molecule has 3 heteroatoms. The molecule has 0 aliphatic carbocycles. The maximum absolute atomic E-state index is 12.3. The summed E-state index contributed by atoms with van der Waals surface area (Å²) in [5.41, 5.74) is 1.67. The smallest absolute Gasteiger partial charge is 0.194 e. The zero-order chi connectivity index (χ0) is 13.2. The topological polar surface area (TPSA) is 38.8 Å². The molecule has 1 saturated heterocycles. The Morgan fingerprint density at radius 1 is 1.11 bits per heavy atom.